The van der Waals surface area contributed by atoms with E-state index in [4.69, 9.17) is 4.74 Å². The summed E-state index contributed by atoms with van der Waals surface area (Å²) in [4.78, 5) is 41.4. The number of fused-ring (bicyclic) bond motifs is 4. The van der Waals surface area contributed by atoms with Gasteiger partial charge in [0.25, 0.3) is 5.91 Å². The van der Waals surface area contributed by atoms with Crippen molar-refractivity contribution < 1.29 is 14.3 Å². The smallest absolute Gasteiger partial charge is 0.274 e. The first kappa shape index (κ1) is 20.0. The van der Waals surface area contributed by atoms with Crippen molar-refractivity contribution in [2.75, 3.05) is 13.7 Å². The summed E-state index contributed by atoms with van der Waals surface area (Å²) in [5.41, 5.74) is 0.995. The van der Waals surface area contributed by atoms with Crippen molar-refractivity contribution >= 4 is 11.7 Å². The third-order valence-electron chi connectivity index (χ3n) is 7.37. The SMILES string of the molecule is COc1c2n(cc(C(=O)CCc3ccccc3)c1=O)C[C@@H]1C3CCCC[C@@H]3CN1C2=O. The predicted molar refractivity (Wildman–Crippen MR) is 117 cm³/mol. The van der Waals surface area contributed by atoms with Gasteiger partial charge in [0.1, 0.15) is 0 Å². The van der Waals surface area contributed by atoms with Gasteiger partial charge in [0, 0.05) is 25.7 Å². The predicted octanol–water partition coefficient (Wildman–Crippen LogP) is 3.32. The molecule has 5 rings (SSSR count). The number of aryl methyl sites for hydroxylation is 1. The van der Waals surface area contributed by atoms with E-state index in [1.54, 1.807) is 6.20 Å². The molecular formula is C25H28N2O4. The molecule has 0 bridgehead atoms. The van der Waals surface area contributed by atoms with Crippen LogP contribution in [0.5, 0.6) is 5.75 Å². The molecule has 6 nitrogen and oxygen atoms in total. The van der Waals surface area contributed by atoms with Crippen molar-refractivity contribution in [3.8, 4) is 5.75 Å². The minimum absolute atomic E-state index is 0.00360. The number of nitrogens with zero attached hydrogens (tertiary/aromatic N) is 2. The van der Waals surface area contributed by atoms with E-state index in [0.717, 1.165) is 18.5 Å². The Bertz CT molecular complexity index is 1070. The molecule has 3 aliphatic rings. The minimum Gasteiger partial charge on any atom is -0.491 e. The van der Waals surface area contributed by atoms with Crippen LogP contribution < -0.4 is 10.2 Å². The standard InChI is InChI=1S/C25H28N2O4/c1-31-24-22-25(30)27-13-17-9-5-6-10-18(17)20(27)15-26(22)14-19(23(24)29)21(28)12-11-16-7-3-2-4-8-16/h2-4,7-8,14,17-18,20H,5-6,9-13,15H2,1H3/t17-,18?,20-/m1/s1. The zero-order valence-corrected chi connectivity index (χ0v) is 17.9. The fourth-order valence-corrected chi connectivity index (χ4v) is 5.82. The quantitative estimate of drug-likeness (QED) is 0.696. The van der Waals surface area contributed by atoms with Gasteiger partial charge in [-0.15, -0.1) is 0 Å². The molecule has 1 unspecified atom stereocenters. The molecule has 3 heterocycles. The van der Waals surface area contributed by atoms with Gasteiger partial charge < -0.3 is 14.2 Å². The molecule has 0 spiro atoms. The number of Topliss-reactive ketones (excluding diaryl/α,β-unsaturated/α-hetero) is 1. The lowest BCUT2D eigenvalue weighted by atomic mass is 9.78. The van der Waals surface area contributed by atoms with Crippen molar-refractivity contribution in [2.24, 2.45) is 11.8 Å². The molecule has 1 aromatic carbocycles. The molecule has 162 valence electrons. The number of carbonyl (C=O) groups is 2. The molecule has 2 fully saturated rings. The van der Waals surface area contributed by atoms with Crippen LogP contribution in [0.15, 0.2) is 41.3 Å². The molecule has 1 amide bonds. The number of ketones is 1. The van der Waals surface area contributed by atoms with Gasteiger partial charge in [0.2, 0.25) is 5.43 Å². The van der Waals surface area contributed by atoms with Gasteiger partial charge in [0.15, 0.2) is 17.2 Å². The second-order valence-corrected chi connectivity index (χ2v) is 9.05. The van der Waals surface area contributed by atoms with Crippen LogP contribution in [-0.2, 0) is 13.0 Å². The van der Waals surface area contributed by atoms with Crippen LogP contribution in [-0.4, -0.2) is 40.9 Å². The molecule has 1 aromatic heterocycles. The van der Waals surface area contributed by atoms with Crippen molar-refractivity contribution in [3.63, 3.8) is 0 Å². The Hall–Kier alpha value is -2.89. The van der Waals surface area contributed by atoms with Crippen molar-refractivity contribution in [1.82, 2.24) is 9.47 Å². The first-order chi connectivity index (χ1) is 15.1. The van der Waals surface area contributed by atoms with Gasteiger partial charge in [-0.2, -0.15) is 0 Å². The van der Waals surface area contributed by atoms with E-state index in [2.05, 4.69) is 0 Å². The average Bonchev–Trinajstić information content (AvgIpc) is 3.17. The van der Waals surface area contributed by atoms with Crippen LogP contribution in [0.4, 0.5) is 0 Å². The van der Waals surface area contributed by atoms with E-state index in [-0.39, 0.29) is 35.5 Å². The van der Waals surface area contributed by atoms with Crippen LogP contribution in [0.2, 0.25) is 0 Å². The molecule has 2 aliphatic heterocycles. The van der Waals surface area contributed by atoms with Crippen LogP contribution in [0.25, 0.3) is 0 Å². The highest BCUT2D eigenvalue weighted by Crippen LogP contribution is 2.43. The Kier molecular flexibility index (Phi) is 5.16. The number of pyridine rings is 1. The van der Waals surface area contributed by atoms with E-state index >= 15 is 0 Å². The summed E-state index contributed by atoms with van der Waals surface area (Å²) in [5, 5.41) is 0. The normalized spacial score (nSPS) is 24.4. The summed E-state index contributed by atoms with van der Waals surface area (Å²) in [6, 6.07) is 9.90. The maximum absolute atomic E-state index is 13.4. The van der Waals surface area contributed by atoms with E-state index in [1.807, 2.05) is 39.8 Å². The summed E-state index contributed by atoms with van der Waals surface area (Å²) < 4.78 is 7.22. The number of ether oxygens (including phenoxy) is 1. The zero-order chi connectivity index (χ0) is 21.5. The third-order valence-corrected chi connectivity index (χ3v) is 7.37. The highest BCUT2D eigenvalue weighted by molar-refractivity contribution is 6.00. The topological polar surface area (TPSA) is 68.6 Å². The summed E-state index contributed by atoms with van der Waals surface area (Å²) in [6.45, 7) is 1.39. The molecule has 1 saturated heterocycles. The van der Waals surface area contributed by atoms with Gasteiger partial charge in [-0.3, -0.25) is 14.4 Å². The fourth-order valence-electron chi connectivity index (χ4n) is 5.82. The molecule has 3 atom stereocenters. The molecule has 31 heavy (non-hydrogen) atoms. The Morgan fingerprint density at radius 3 is 2.65 bits per heavy atom. The van der Waals surface area contributed by atoms with Gasteiger partial charge >= 0.3 is 0 Å². The first-order valence-corrected chi connectivity index (χ1v) is 11.3. The summed E-state index contributed by atoms with van der Waals surface area (Å²) >= 11 is 0. The minimum atomic E-state index is -0.477. The zero-order valence-electron chi connectivity index (χ0n) is 17.9. The van der Waals surface area contributed by atoms with Crippen LogP contribution in [0, 0.1) is 11.8 Å². The monoisotopic (exact) mass is 420 g/mol. The molecular weight excluding hydrogens is 392 g/mol. The number of benzene rings is 1. The summed E-state index contributed by atoms with van der Waals surface area (Å²) in [6.07, 6.45) is 7.18. The Morgan fingerprint density at radius 2 is 1.87 bits per heavy atom. The number of hydrogen-bond donors (Lipinski definition) is 0. The van der Waals surface area contributed by atoms with Crippen molar-refractivity contribution in [2.45, 2.75) is 51.1 Å². The molecule has 2 aromatic rings. The van der Waals surface area contributed by atoms with Gasteiger partial charge in [-0.05, 0) is 36.7 Å². The van der Waals surface area contributed by atoms with E-state index in [1.165, 1.54) is 26.4 Å². The number of rotatable bonds is 5. The third kappa shape index (κ3) is 3.38. The number of amides is 1. The Morgan fingerprint density at radius 1 is 1.10 bits per heavy atom. The lowest BCUT2D eigenvalue weighted by Gasteiger charge is -2.36. The fraction of sp³-hybridized carbons (Fsp3) is 0.480. The maximum Gasteiger partial charge on any atom is 0.274 e. The molecule has 6 heteroatoms. The molecule has 1 aliphatic carbocycles. The van der Waals surface area contributed by atoms with E-state index < -0.39 is 5.43 Å². The molecule has 1 saturated carbocycles. The lowest BCUT2D eigenvalue weighted by Crippen LogP contribution is -2.48. The molecule has 0 N–H and O–H groups in total. The van der Waals surface area contributed by atoms with E-state index in [0.29, 0.717) is 30.5 Å². The van der Waals surface area contributed by atoms with Gasteiger partial charge in [-0.25, -0.2) is 0 Å². The largest absolute Gasteiger partial charge is 0.491 e. The number of carbonyl (C=O) groups excluding carboxylic acids is 2. The highest BCUT2D eigenvalue weighted by atomic mass is 16.5. The Labute approximate surface area is 181 Å². The number of hydrogen-bond acceptors (Lipinski definition) is 4. The number of methoxy groups -OCH3 is 1. The second kappa shape index (κ2) is 7.98. The molecule has 0 radical (unpaired) electrons. The van der Waals surface area contributed by atoms with Gasteiger partial charge in [-0.1, -0.05) is 43.2 Å². The van der Waals surface area contributed by atoms with Crippen LogP contribution in [0.3, 0.4) is 0 Å². The first-order valence-electron chi connectivity index (χ1n) is 11.3. The van der Waals surface area contributed by atoms with Crippen molar-refractivity contribution in [1.29, 1.82) is 0 Å². The highest BCUT2D eigenvalue weighted by Gasteiger charge is 2.48. The van der Waals surface area contributed by atoms with Gasteiger partial charge in [0.05, 0.1) is 18.7 Å². The van der Waals surface area contributed by atoms with E-state index in [9.17, 15) is 14.4 Å². The Balaban J connectivity index is 1.47. The average molecular weight is 421 g/mol. The summed E-state index contributed by atoms with van der Waals surface area (Å²) in [7, 11) is 1.40. The van der Waals surface area contributed by atoms with Crippen LogP contribution >= 0.6 is 0 Å². The number of aromatic nitrogens is 1. The lowest BCUT2D eigenvalue weighted by molar-refractivity contribution is 0.0626. The summed E-state index contributed by atoms with van der Waals surface area (Å²) in [5.74, 6) is 0.710. The second-order valence-electron chi connectivity index (χ2n) is 9.05. The van der Waals surface area contributed by atoms with Crippen molar-refractivity contribution in [3.05, 3.63) is 63.6 Å². The van der Waals surface area contributed by atoms with Crippen LogP contribution in [0.1, 0.15) is 58.5 Å². The maximum atomic E-state index is 13.4.